The van der Waals surface area contributed by atoms with Crippen LogP contribution in [0.15, 0.2) is 77.7 Å². The van der Waals surface area contributed by atoms with E-state index in [-0.39, 0.29) is 30.5 Å². The molecule has 0 radical (unpaired) electrons. The molecule has 1 fully saturated rings. The van der Waals surface area contributed by atoms with Crippen molar-refractivity contribution < 1.29 is 31.1 Å². The Kier molecular flexibility index (Phi) is 9.69. The van der Waals surface area contributed by atoms with Crippen LogP contribution in [0.1, 0.15) is 15.9 Å². The molecule has 0 spiro atoms. The number of carbonyl (C=O) groups is 1. The molecule has 13 heteroatoms. The van der Waals surface area contributed by atoms with Gasteiger partial charge in [0.25, 0.3) is 5.91 Å². The van der Waals surface area contributed by atoms with Crippen molar-refractivity contribution >= 4 is 43.2 Å². The number of nitrogens with one attached hydrogen (secondary N) is 1. The second-order valence-corrected chi connectivity index (χ2v) is 13.3. The van der Waals surface area contributed by atoms with E-state index in [4.69, 9.17) is 21.1 Å². The average molecular weight is 608 g/mol. The second-order valence-electron chi connectivity index (χ2n) is 9.04. The summed E-state index contributed by atoms with van der Waals surface area (Å²) in [4.78, 5) is 12.7. The molecule has 0 aromatic heterocycles. The molecule has 3 aromatic carbocycles. The highest BCUT2D eigenvalue weighted by Crippen LogP contribution is 2.24. The van der Waals surface area contributed by atoms with E-state index in [1.54, 1.807) is 60.7 Å². The third kappa shape index (κ3) is 7.73. The van der Waals surface area contributed by atoms with Crippen LogP contribution in [0.2, 0.25) is 5.02 Å². The SMILES string of the molecule is CS(=O)(=O)N(Cc1ccc(C(=O)NCCOc2ccc(S(=O)(=O)N3CCOCC3)cc2)cc1)c1cccc(Cl)c1. The summed E-state index contributed by atoms with van der Waals surface area (Å²) in [6.07, 6.45) is 1.12. The number of rotatable bonds is 11. The summed E-state index contributed by atoms with van der Waals surface area (Å²) < 4.78 is 63.7. The highest BCUT2D eigenvalue weighted by atomic mass is 35.5. The summed E-state index contributed by atoms with van der Waals surface area (Å²) in [5.41, 5.74) is 1.56. The Morgan fingerprint density at radius 1 is 1.00 bits per heavy atom. The number of sulfonamides is 2. The van der Waals surface area contributed by atoms with Gasteiger partial charge in [0, 0.05) is 23.7 Å². The van der Waals surface area contributed by atoms with Gasteiger partial charge < -0.3 is 14.8 Å². The molecule has 0 aliphatic carbocycles. The van der Waals surface area contributed by atoms with Gasteiger partial charge in [0.15, 0.2) is 0 Å². The first-order chi connectivity index (χ1) is 19.0. The molecule has 1 amide bonds. The van der Waals surface area contributed by atoms with Crippen molar-refractivity contribution in [2.24, 2.45) is 0 Å². The quantitative estimate of drug-likeness (QED) is 0.332. The Labute approximate surface area is 239 Å². The zero-order valence-corrected chi connectivity index (χ0v) is 24.2. The monoisotopic (exact) mass is 607 g/mol. The number of morpholine rings is 1. The Hall–Kier alpha value is -3.16. The Bertz CT molecular complexity index is 1530. The van der Waals surface area contributed by atoms with Crippen LogP contribution >= 0.6 is 11.6 Å². The molecule has 1 N–H and O–H groups in total. The lowest BCUT2D eigenvalue weighted by molar-refractivity contribution is 0.0730. The molecule has 1 heterocycles. The number of amides is 1. The zero-order valence-electron chi connectivity index (χ0n) is 21.8. The second kappa shape index (κ2) is 13.0. The van der Waals surface area contributed by atoms with Crippen LogP contribution in [-0.4, -0.2) is 72.8 Å². The maximum absolute atomic E-state index is 12.7. The Morgan fingerprint density at radius 3 is 2.30 bits per heavy atom. The van der Waals surface area contributed by atoms with Crippen LogP contribution < -0.4 is 14.4 Å². The summed E-state index contributed by atoms with van der Waals surface area (Å²) in [5.74, 6) is 0.173. The fourth-order valence-corrected chi connectivity index (χ4v) is 6.51. The maximum Gasteiger partial charge on any atom is 0.251 e. The van der Waals surface area contributed by atoms with Crippen molar-refractivity contribution in [3.8, 4) is 5.75 Å². The normalized spacial score (nSPS) is 14.4. The number of carbonyl (C=O) groups excluding carboxylic acids is 1. The number of hydrogen-bond acceptors (Lipinski definition) is 7. The van der Waals surface area contributed by atoms with E-state index in [9.17, 15) is 21.6 Å². The van der Waals surface area contributed by atoms with Gasteiger partial charge in [-0.2, -0.15) is 4.31 Å². The van der Waals surface area contributed by atoms with Crippen molar-refractivity contribution in [2.75, 3.05) is 50.0 Å². The molecule has 3 aromatic rings. The van der Waals surface area contributed by atoms with Gasteiger partial charge in [-0.25, -0.2) is 16.8 Å². The molecule has 1 aliphatic rings. The molecule has 10 nitrogen and oxygen atoms in total. The number of ether oxygens (including phenoxy) is 2. The highest BCUT2D eigenvalue weighted by Gasteiger charge is 2.26. The lowest BCUT2D eigenvalue weighted by atomic mass is 10.1. The van der Waals surface area contributed by atoms with Gasteiger partial charge in [-0.3, -0.25) is 9.10 Å². The van der Waals surface area contributed by atoms with Gasteiger partial charge in [-0.05, 0) is 60.2 Å². The van der Waals surface area contributed by atoms with E-state index in [1.807, 2.05) is 0 Å². The summed E-state index contributed by atoms with van der Waals surface area (Å²) >= 11 is 6.03. The predicted octanol–water partition coefficient (Wildman–Crippen LogP) is 3.14. The van der Waals surface area contributed by atoms with E-state index < -0.39 is 20.0 Å². The number of benzene rings is 3. The van der Waals surface area contributed by atoms with Crippen molar-refractivity contribution in [2.45, 2.75) is 11.4 Å². The molecule has 1 aliphatic heterocycles. The lowest BCUT2D eigenvalue weighted by Crippen LogP contribution is -2.40. The molecule has 0 atom stereocenters. The molecule has 4 rings (SSSR count). The van der Waals surface area contributed by atoms with Crippen LogP contribution in [0.3, 0.4) is 0 Å². The average Bonchev–Trinajstić information content (AvgIpc) is 2.94. The largest absolute Gasteiger partial charge is 0.492 e. The minimum Gasteiger partial charge on any atom is -0.492 e. The zero-order chi connectivity index (χ0) is 28.8. The molecular weight excluding hydrogens is 578 g/mol. The molecule has 0 bridgehead atoms. The first-order valence-corrected chi connectivity index (χ1v) is 16.1. The number of halogens is 1. The molecule has 214 valence electrons. The molecule has 40 heavy (non-hydrogen) atoms. The van der Waals surface area contributed by atoms with Gasteiger partial charge >= 0.3 is 0 Å². The summed E-state index contributed by atoms with van der Waals surface area (Å²) in [5, 5.41) is 3.19. The van der Waals surface area contributed by atoms with Crippen LogP contribution in [0.25, 0.3) is 0 Å². The van der Waals surface area contributed by atoms with Gasteiger partial charge in [-0.15, -0.1) is 0 Å². The molecular formula is C27H30ClN3O7S2. The Morgan fingerprint density at radius 2 is 1.68 bits per heavy atom. The van der Waals surface area contributed by atoms with Gasteiger partial charge in [-0.1, -0.05) is 29.8 Å². The third-order valence-corrected chi connectivity index (χ3v) is 9.42. The third-order valence-electron chi connectivity index (χ3n) is 6.13. The van der Waals surface area contributed by atoms with Crippen LogP contribution in [0.4, 0.5) is 5.69 Å². The number of anilines is 1. The molecule has 1 saturated heterocycles. The fourth-order valence-electron chi connectivity index (χ4n) is 4.04. The lowest BCUT2D eigenvalue weighted by Gasteiger charge is -2.26. The molecule has 0 saturated carbocycles. The summed E-state index contributed by atoms with van der Waals surface area (Å²) in [6, 6.07) is 19.4. The van der Waals surface area contributed by atoms with E-state index in [2.05, 4.69) is 5.32 Å². The summed E-state index contributed by atoms with van der Waals surface area (Å²) in [6.45, 7) is 1.90. The topological polar surface area (TPSA) is 122 Å². The van der Waals surface area contributed by atoms with Crippen LogP contribution in [0, 0.1) is 0 Å². The van der Waals surface area contributed by atoms with Crippen LogP contribution in [0.5, 0.6) is 5.75 Å². The first kappa shape index (κ1) is 29.8. The van der Waals surface area contributed by atoms with E-state index in [0.29, 0.717) is 53.9 Å². The fraction of sp³-hybridized carbons (Fsp3) is 0.296. The predicted molar refractivity (Wildman–Crippen MR) is 153 cm³/mol. The number of hydrogen-bond donors (Lipinski definition) is 1. The van der Waals surface area contributed by atoms with Gasteiger partial charge in [0.2, 0.25) is 20.0 Å². The van der Waals surface area contributed by atoms with E-state index in [0.717, 1.165) is 6.26 Å². The van der Waals surface area contributed by atoms with Crippen LogP contribution in [-0.2, 0) is 31.3 Å². The van der Waals surface area contributed by atoms with Gasteiger partial charge in [0.05, 0.1) is 43.1 Å². The standard InChI is InChI=1S/C27H30ClN3O7S2/c1-39(33,34)31(24-4-2-3-23(28)19-24)20-21-5-7-22(8-6-21)27(32)29-13-16-38-25-9-11-26(12-10-25)40(35,36)30-14-17-37-18-15-30/h2-12,19H,13-18,20H2,1H3,(H,29,32). The van der Waals surface area contributed by atoms with E-state index >= 15 is 0 Å². The summed E-state index contributed by atoms with van der Waals surface area (Å²) in [7, 11) is -7.14. The highest BCUT2D eigenvalue weighted by molar-refractivity contribution is 7.92. The smallest absolute Gasteiger partial charge is 0.251 e. The van der Waals surface area contributed by atoms with E-state index in [1.165, 1.54) is 20.7 Å². The minimum atomic E-state index is -3.58. The first-order valence-electron chi connectivity index (χ1n) is 12.5. The maximum atomic E-state index is 12.7. The van der Waals surface area contributed by atoms with Crippen molar-refractivity contribution in [1.82, 2.24) is 9.62 Å². The number of nitrogens with zero attached hydrogens (tertiary/aromatic N) is 2. The van der Waals surface area contributed by atoms with Crippen molar-refractivity contribution in [1.29, 1.82) is 0 Å². The van der Waals surface area contributed by atoms with Crippen molar-refractivity contribution in [3.63, 3.8) is 0 Å². The minimum absolute atomic E-state index is 0.0848. The molecule has 0 unspecified atom stereocenters. The Balaban J connectivity index is 1.27. The van der Waals surface area contributed by atoms with Gasteiger partial charge in [0.1, 0.15) is 12.4 Å². The van der Waals surface area contributed by atoms with Crippen molar-refractivity contribution in [3.05, 3.63) is 88.9 Å².